The summed E-state index contributed by atoms with van der Waals surface area (Å²) in [6.45, 7) is 9.59. The van der Waals surface area contributed by atoms with Crippen molar-refractivity contribution >= 4 is 0 Å². The first kappa shape index (κ1) is 12.7. The Morgan fingerprint density at radius 3 is 2.47 bits per heavy atom. The summed E-state index contributed by atoms with van der Waals surface area (Å²) in [5.74, 6) is 0. The van der Waals surface area contributed by atoms with E-state index in [1.54, 1.807) is 0 Å². The van der Waals surface area contributed by atoms with Gasteiger partial charge in [-0.3, -0.25) is 4.90 Å². The van der Waals surface area contributed by atoms with E-state index in [9.17, 15) is 0 Å². The molecular formula is C13H26N2. The third kappa shape index (κ3) is 3.62. The highest BCUT2D eigenvalue weighted by atomic mass is 15.2. The van der Waals surface area contributed by atoms with Crippen molar-refractivity contribution in [3.05, 3.63) is 12.7 Å². The molecule has 1 rings (SSSR count). The lowest BCUT2D eigenvalue weighted by Crippen LogP contribution is -2.45. The molecular weight excluding hydrogens is 184 g/mol. The van der Waals surface area contributed by atoms with Crippen molar-refractivity contribution in [2.75, 3.05) is 6.54 Å². The van der Waals surface area contributed by atoms with E-state index in [2.05, 4.69) is 31.4 Å². The van der Waals surface area contributed by atoms with E-state index < -0.39 is 0 Å². The van der Waals surface area contributed by atoms with Crippen LogP contribution in [0.25, 0.3) is 0 Å². The Kier molecular flexibility index (Phi) is 5.34. The van der Waals surface area contributed by atoms with Gasteiger partial charge in [0.25, 0.3) is 0 Å². The summed E-state index contributed by atoms with van der Waals surface area (Å²) < 4.78 is 0. The Morgan fingerprint density at radius 2 is 2.00 bits per heavy atom. The summed E-state index contributed by atoms with van der Waals surface area (Å²) >= 11 is 0. The van der Waals surface area contributed by atoms with Crippen LogP contribution in [-0.4, -0.2) is 29.6 Å². The Bertz CT molecular complexity index is 183. The van der Waals surface area contributed by atoms with Crippen molar-refractivity contribution in [2.45, 2.75) is 64.1 Å². The highest BCUT2D eigenvalue weighted by molar-refractivity contribution is 4.90. The summed E-state index contributed by atoms with van der Waals surface area (Å²) in [6.07, 6.45) is 8.19. The fraction of sp³-hybridized carbons (Fsp3) is 0.846. The average Bonchev–Trinajstić information content (AvgIpc) is 2.26. The molecule has 0 aromatic heterocycles. The SMILES string of the molecule is C=CC(C)N(CCC)C1CCC(N)CC1. The topological polar surface area (TPSA) is 29.3 Å². The molecule has 88 valence electrons. The first-order chi connectivity index (χ1) is 7.19. The second-order valence-corrected chi connectivity index (χ2v) is 4.78. The summed E-state index contributed by atoms with van der Waals surface area (Å²) in [6, 6.07) is 1.69. The molecule has 0 aromatic carbocycles. The molecule has 0 aliphatic heterocycles. The van der Waals surface area contributed by atoms with Crippen molar-refractivity contribution in [3.8, 4) is 0 Å². The van der Waals surface area contributed by atoms with E-state index in [1.165, 1.54) is 38.6 Å². The number of nitrogens with two attached hydrogens (primary N) is 1. The molecule has 1 aliphatic carbocycles. The largest absolute Gasteiger partial charge is 0.328 e. The molecule has 0 spiro atoms. The van der Waals surface area contributed by atoms with E-state index in [0.717, 1.165) is 6.04 Å². The smallest absolute Gasteiger partial charge is 0.0250 e. The molecule has 0 radical (unpaired) electrons. The van der Waals surface area contributed by atoms with Gasteiger partial charge in [-0.05, 0) is 45.6 Å². The third-order valence-corrected chi connectivity index (χ3v) is 3.56. The lowest BCUT2D eigenvalue weighted by atomic mass is 9.90. The molecule has 2 nitrogen and oxygen atoms in total. The van der Waals surface area contributed by atoms with E-state index >= 15 is 0 Å². The zero-order chi connectivity index (χ0) is 11.3. The zero-order valence-corrected chi connectivity index (χ0v) is 10.3. The zero-order valence-electron chi connectivity index (χ0n) is 10.3. The third-order valence-electron chi connectivity index (χ3n) is 3.56. The average molecular weight is 210 g/mol. The predicted octanol–water partition coefficient (Wildman–Crippen LogP) is 2.54. The van der Waals surface area contributed by atoms with Gasteiger partial charge in [0.1, 0.15) is 0 Å². The maximum absolute atomic E-state index is 5.94. The van der Waals surface area contributed by atoms with Crippen LogP contribution in [0, 0.1) is 0 Å². The molecule has 0 heterocycles. The summed E-state index contributed by atoms with van der Waals surface area (Å²) in [4.78, 5) is 2.60. The Balaban J connectivity index is 2.51. The van der Waals surface area contributed by atoms with Gasteiger partial charge in [0.05, 0.1) is 0 Å². The van der Waals surface area contributed by atoms with Crippen LogP contribution in [0.2, 0.25) is 0 Å². The van der Waals surface area contributed by atoms with Crippen molar-refractivity contribution in [1.82, 2.24) is 4.90 Å². The van der Waals surface area contributed by atoms with Crippen LogP contribution < -0.4 is 5.73 Å². The molecule has 1 aliphatic rings. The van der Waals surface area contributed by atoms with Crippen molar-refractivity contribution in [2.24, 2.45) is 5.73 Å². The van der Waals surface area contributed by atoms with Crippen LogP contribution in [-0.2, 0) is 0 Å². The van der Waals surface area contributed by atoms with Crippen LogP contribution in [0.15, 0.2) is 12.7 Å². The monoisotopic (exact) mass is 210 g/mol. The Morgan fingerprint density at radius 1 is 1.40 bits per heavy atom. The highest BCUT2D eigenvalue weighted by Gasteiger charge is 2.25. The van der Waals surface area contributed by atoms with Gasteiger partial charge in [-0.2, -0.15) is 0 Å². The van der Waals surface area contributed by atoms with E-state index in [1.807, 2.05) is 0 Å². The molecule has 0 amide bonds. The highest BCUT2D eigenvalue weighted by Crippen LogP contribution is 2.24. The summed E-state index contributed by atoms with van der Waals surface area (Å²) in [5.41, 5.74) is 5.94. The van der Waals surface area contributed by atoms with E-state index in [4.69, 9.17) is 5.73 Å². The molecule has 0 aromatic rings. The van der Waals surface area contributed by atoms with Gasteiger partial charge in [-0.15, -0.1) is 6.58 Å². The van der Waals surface area contributed by atoms with Crippen LogP contribution in [0.3, 0.4) is 0 Å². The van der Waals surface area contributed by atoms with Crippen molar-refractivity contribution < 1.29 is 0 Å². The second-order valence-electron chi connectivity index (χ2n) is 4.78. The second kappa shape index (κ2) is 6.29. The van der Waals surface area contributed by atoms with Gasteiger partial charge >= 0.3 is 0 Å². The standard InChI is InChI=1S/C13H26N2/c1-4-10-15(11(3)5-2)13-8-6-12(14)7-9-13/h5,11-13H,2,4,6-10,14H2,1,3H3. The maximum atomic E-state index is 5.94. The number of hydrogen-bond donors (Lipinski definition) is 1. The van der Waals surface area contributed by atoms with Gasteiger partial charge in [-0.25, -0.2) is 0 Å². The molecule has 0 bridgehead atoms. The van der Waals surface area contributed by atoms with Crippen LogP contribution in [0.4, 0.5) is 0 Å². The molecule has 1 fully saturated rings. The fourth-order valence-electron chi connectivity index (χ4n) is 2.55. The number of hydrogen-bond acceptors (Lipinski definition) is 2. The van der Waals surface area contributed by atoms with Crippen LogP contribution in [0.5, 0.6) is 0 Å². The van der Waals surface area contributed by atoms with Gasteiger partial charge in [-0.1, -0.05) is 13.0 Å². The Labute approximate surface area is 94.5 Å². The lowest BCUT2D eigenvalue weighted by molar-refractivity contribution is 0.128. The normalized spacial score (nSPS) is 29.1. The van der Waals surface area contributed by atoms with Gasteiger partial charge < -0.3 is 5.73 Å². The molecule has 2 N–H and O–H groups in total. The van der Waals surface area contributed by atoms with Crippen LogP contribution in [0.1, 0.15) is 46.0 Å². The minimum absolute atomic E-state index is 0.448. The van der Waals surface area contributed by atoms with Gasteiger partial charge in [0.15, 0.2) is 0 Å². The molecule has 1 unspecified atom stereocenters. The maximum Gasteiger partial charge on any atom is 0.0250 e. The van der Waals surface area contributed by atoms with Gasteiger partial charge in [0.2, 0.25) is 0 Å². The molecule has 1 saturated carbocycles. The van der Waals surface area contributed by atoms with Crippen molar-refractivity contribution in [3.63, 3.8) is 0 Å². The fourth-order valence-corrected chi connectivity index (χ4v) is 2.55. The Hall–Kier alpha value is -0.340. The van der Waals surface area contributed by atoms with Gasteiger partial charge in [0, 0.05) is 18.1 Å². The lowest BCUT2D eigenvalue weighted by Gasteiger charge is -2.38. The number of nitrogens with zero attached hydrogens (tertiary/aromatic N) is 1. The molecule has 2 heteroatoms. The summed E-state index contributed by atoms with van der Waals surface area (Å²) in [5, 5.41) is 0. The molecule has 0 saturated heterocycles. The number of rotatable bonds is 5. The van der Waals surface area contributed by atoms with Crippen LogP contribution >= 0.6 is 0 Å². The quantitative estimate of drug-likeness (QED) is 0.707. The predicted molar refractivity (Wildman–Crippen MR) is 66.9 cm³/mol. The minimum atomic E-state index is 0.448. The van der Waals surface area contributed by atoms with E-state index in [0.29, 0.717) is 12.1 Å². The molecule has 15 heavy (non-hydrogen) atoms. The first-order valence-electron chi connectivity index (χ1n) is 6.32. The molecule has 1 atom stereocenters. The first-order valence-corrected chi connectivity index (χ1v) is 6.32. The summed E-state index contributed by atoms with van der Waals surface area (Å²) in [7, 11) is 0. The van der Waals surface area contributed by atoms with Crippen molar-refractivity contribution in [1.29, 1.82) is 0 Å². The minimum Gasteiger partial charge on any atom is -0.328 e. The van der Waals surface area contributed by atoms with E-state index in [-0.39, 0.29) is 0 Å².